The summed E-state index contributed by atoms with van der Waals surface area (Å²) in [4.78, 5) is 12.7. The molecule has 0 N–H and O–H groups in total. The van der Waals surface area contributed by atoms with E-state index in [1.54, 1.807) is 0 Å². The van der Waals surface area contributed by atoms with Gasteiger partial charge in [-0.3, -0.25) is 4.79 Å². The van der Waals surface area contributed by atoms with Crippen molar-refractivity contribution < 1.29 is 9.53 Å². The lowest BCUT2D eigenvalue weighted by Gasteiger charge is -2.42. The van der Waals surface area contributed by atoms with Gasteiger partial charge >= 0.3 is 5.97 Å². The first-order chi connectivity index (χ1) is 12.2. The van der Waals surface area contributed by atoms with Crippen LogP contribution in [0.1, 0.15) is 104 Å². The van der Waals surface area contributed by atoms with Crippen LogP contribution >= 0.6 is 0 Å². The van der Waals surface area contributed by atoms with Crippen LogP contribution in [0, 0.1) is 29.6 Å². The van der Waals surface area contributed by atoms with Gasteiger partial charge in [-0.25, -0.2) is 0 Å². The first kappa shape index (κ1) is 19.2. The molecule has 3 aliphatic rings. The second-order valence-corrected chi connectivity index (χ2v) is 9.37. The van der Waals surface area contributed by atoms with Crippen LogP contribution in [0.2, 0.25) is 0 Å². The topological polar surface area (TPSA) is 26.3 Å². The predicted octanol–water partition coefficient (Wildman–Crippen LogP) is 6.52. The van der Waals surface area contributed by atoms with Crippen molar-refractivity contribution in [2.75, 3.05) is 0 Å². The van der Waals surface area contributed by atoms with Gasteiger partial charge < -0.3 is 4.74 Å². The van der Waals surface area contributed by atoms with Gasteiger partial charge in [0.15, 0.2) is 0 Å². The zero-order valence-corrected chi connectivity index (χ0v) is 16.7. The van der Waals surface area contributed by atoms with Crippen molar-refractivity contribution in [3.63, 3.8) is 0 Å². The van der Waals surface area contributed by atoms with Crippen molar-refractivity contribution in [1.82, 2.24) is 0 Å². The molecule has 0 saturated heterocycles. The summed E-state index contributed by atoms with van der Waals surface area (Å²) in [5.41, 5.74) is 0. The van der Waals surface area contributed by atoms with Gasteiger partial charge in [0.2, 0.25) is 0 Å². The Morgan fingerprint density at radius 3 is 2.08 bits per heavy atom. The number of hydrogen-bond acceptors (Lipinski definition) is 2. The average Bonchev–Trinajstić information content (AvgIpc) is 2.63. The Hall–Kier alpha value is -0.530. The van der Waals surface area contributed by atoms with E-state index in [2.05, 4.69) is 13.8 Å². The van der Waals surface area contributed by atoms with Gasteiger partial charge in [-0.2, -0.15) is 0 Å². The Morgan fingerprint density at radius 1 is 0.760 bits per heavy atom. The van der Waals surface area contributed by atoms with Crippen LogP contribution in [0.4, 0.5) is 0 Å². The molecule has 2 nitrogen and oxygen atoms in total. The molecule has 4 atom stereocenters. The molecule has 3 saturated carbocycles. The highest BCUT2D eigenvalue weighted by Crippen LogP contribution is 2.46. The van der Waals surface area contributed by atoms with E-state index >= 15 is 0 Å². The van der Waals surface area contributed by atoms with E-state index in [1.165, 1.54) is 64.2 Å². The molecule has 0 aromatic heterocycles. The molecule has 3 rings (SSSR count). The van der Waals surface area contributed by atoms with E-state index in [0.29, 0.717) is 0 Å². The number of esters is 1. The maximum atomic E-state index is 12.7. The number of hydrogen-bond donors (Lipinski definition) is 0. The second kappa shape index (κ2) is 9.42. The number of carbonyl (C=O) groups is 1. The van der Waals surface area contributed by atoms with E-state index < -0.39 is 0 Å². The fourth-order valence-corrected chi connectivity index (χ4v) is 6.08. The third-order valence-electron chi connectivity index (χ3n) is 7.53. The highest BCUT2D eigenvalue weighted by Gasteiger charge is 2.38. The van der Waals surface area contributed by atoms with Crippen molar-refractivity contribution in [1.29, 1.82) is 0 Å². The van der Waals surface area contributed by atoms with Crippen LogP contribution in [0.3, 0.4) is 0 Å². The molecular formula is C23H40O2. The molecule has 0 bridgehead atoms. The van der Waals surface area contributed by atoms with Crippen LogP contribution in [0.15, 0.2) is 0 Å². The van der Waals surface area contributed by atoms with E-state index in [1.807, 2.05) is 0 Å². The van der Waals surface area contributed by atoms with E-state index in [9.17, 15) is 4.79 Å². The Morgan fingerprint density at radius 2 is 1.36 bits per heavy atom. The highest BCUT2D eigenvalue weighted by atomic mass is 16.5. The standard InChI is InChI=1S/C23H40O2/c1-3-5-17-8-13-22(14-9-17)25-23(24)21-12-11-19-15-18(6-4-2)7-10-20(19)16-21/h17-22H,3-16H2,1-2H3. The van der Waals surface area contributed by atoms with Crippen molar-refractivity contribution in [2.24, 2.45) is 29.6 Å². The normalized spacial score (nSPS) is 38.8. The number of rotatable bonds is 6. The highest BCUT2D eigenvalue weighted by molar-refractivity contribution is 5.72. The molecule has 25 heavy (non-hydrogen) atoms. The SMILES string of the molecule is CCCC1CCC(OC(=O)C2CCC3CC(CCC)CCC3C2)CC1. The van der Waals surface area contributed by atoms with Crippen molar-refractivity contribution in [3.05, 3.63) is 0 Å². The Labute approximate surface area is 155 Å². The molecule has 0 amide bonds. The predicted molar refractivity (Wildman–Crippen MR) is 103 cm³/mol. The summed E-state index contributed by atoms with van der Waals surface area (Å²) in [6, 6.07) is 0. The molecule has 0 aromatic carbocycles. The summed E-state index contributed by atoms with van der Waals surface area (Å²) in [6.45, 7) is 4.59. The zero-order valence-electron chi connectivity index (χ0n) is 16.7. The van der Waals surface area contributed by atoms with Crippen molar-refractivity contribution in [3.8, 4) is 0 Å². The molecule has 2 heteroatoms. The summed E-state index contributed by atoms with van der Waals surface area (Å²) in [5.74, 6) is 3.91. The molecule has 4 unspecified atom stereocenters. The fraction of sp³-hybridized carbons (Fsp3) is 0.957. The minimum atomic E-state index is 0.146. The molecule has 0 aromatic rings. The third kappa shape index (κ3) is 5.23. The Bertz CT molecular complexity index is 410. The number of ether oxygens (including phenoxy) is 1. The van der Waals surface area contributed by atoms with Gasteiger partial charge in [0.05, 0.1) is 5.92 Å². The molecular weight excluding hydrogens is 308 g/mol. The summed E-state index contributed by atoms with van der Waals surface area (Å²) in [5, 5.41) is 0. The Kier molecular flexibility index (Phi) is 7.25. The molecule has 0 radical (unpaired) electrons. The third-order valence-corrected chi connectivity index (χ3v) is 7.53. The van der Waals surface area contributed by atoms with Gasteiger partial charge in [-0.1, -0.05) is 46.0 Å². The maximum Gasteiger partial charge on any atom is 0.309 e. The Balaban J connectivity index is 1.41. The fourth-order valence-electron chi connectivity index (χ4n) is 6.08. The van der Waals surface area contributed by atoms with E-state index in [0.717, 1.165) is 49.4 Å². The maximum absolute atomic E-state index is 12.7. The van der Waals surface area contributed by atoms with Crippen LogP contribution in [0.5, 0.6) is 0 Å². The van der Waals surface area contributed by atoms with Crippen molar-refractivity contribution >= 4 is 5.97 Å². The van der Waals surface area contributed by atoms with Gasteiger partial charge in [0, 0.05) is 0 Å². The first-order valence-electron chi connectivity index (χ1n) is 11.4. The van der Waals surface area contributed by atoms with Gasteiger partial charge in [-0.15, -0.1) is 0 Å². The van der Waals surface area contributed by atoms with Gasteiger partial charge in [0.25, 0.3) is 0 Å². The number of fused-ring (bicyclic) bond motifs is 1. The van der Waals surface area contributed by atoms with Crippen LogP contribution in [0.25, 0.3) is 0 Å². The smallest absolute Gasteiger partial charge is 0.309 e. The van der Waals surface area contributed by atoms with Crippen LogP contribution in [-0.4, -0.2) is 12.1 Å². The molecule has 3 fully saturated rings. The lowest BCUT2D eigenvalue weighted by atomic mass is 9.64. The minimum Gasteiger partial charge on any atom is -0.462 e. The number of carbonyl (C=O) groups excluding carboxylic acids is 1. The lowest BCUT2D eigenvalue weighted by Crippen LogP contribution is -2.36. The summed E-state index contributed by atoms with van der Waals surface area (Å²) < 4.78 is 5.96. The lowest BCUT2D eigenvalue weighted by molar-refractivity contribution is -0.158. The van der Waals surface area contributed by atoms with Gasteiger partial charge in [0.1, 0.15) is 6.10 Å². The molecule has 3 aliphatic carbocycles. The molecule has 144 valence electrons. The van der Waals surface area contributed by atoms with E-state index in [4.69, 9.17) is 4.74 Å². The first-order valence-corrected chi connectivity index (χ1v) is 11.4. The average molecular weight is 349 g/mol. The van der Waals surface area contributed by atoms with Crippen LogP contribution in [-0.2, 0) is 9.53 Å². The molecule has 0 aliphatic heterocycles. The molecule has 0 heterocycles. The second-order valence-electron chi connectivity index (χ2n) is 9.37. The minimum absolute atomic E-state index is 0.146. The monoisotopic (exact) mass is 348 g/mol. The van der Waals surface area contributed by atoms with E-state index in [-0.39, 0.29) is 18.0 Å². The zero-order chi connectivity index (χ0) is 17.6. The van der Waals surface area contributed by atoms with Crippen molar-refractivity contribution in [2.45, 2.75) is 110 Å². The summed E-state index contributed by atoms with van der Waals surface area (Å²) in [7, 11) is 0. The summed E-state index contributed by atoms with van der Waals surface area (Å²) in [6.07, 6.45) is 18.0. The quantitative estimate of drug-likeness (QED) is 0.511. The van der Waals surface area contributed by atoms with Crippen LogP contribution < -0.4 is 0 Å². The largest absolute Gasteiger partial charge is 0.462 e. The van der Waals surface area contributed by atoms with Gasteiger partial charge in [-0.05, 0) is 81.5 Å². The molecule has 0 spiro atoms. The summed E-state index contributed by atoms with van der Waals surface area (Å²) >= 11 is 0.